The molecule has 1 N–H and O–H groups in total. The number of rotatable bonds is 7. The van der Waals surface area contributed by atoms with E-state index >= 15 is 0 Å². The quantitative estimate of drug-likeness (QED) is 0.447. The van der Waals surface area contributed by atoms with Gasteiger partial charge < -0.3 is 19.2 Å². The number of nitrogens with one attached hydrogen (secondary N) is 1. The van der Waals surface area contributed by atoms with Gasteiger partial charge in [0, 0.05) is 34.1 Å². The second-order valence-electron chi connectivity index (χ2n) is 7.89. The summed E-state index contributed by atoms with van der Waals surface area (Å²) in [5.41, 5.74) is 4.36. The van der Waals surface area contributed by atoms with Gasteiger partial charge in [-0.15, -0.1) is 0 Å². The zero-order valence-electron chi connectivity index (χ0n) is 19.2. The minimum absolute atomic E-state index is 0.101. The van der Waals surface area contributed by atoms with E-state index in [1.54, 1.807) is 21.3 Å². The number of H-pyrrole nitrogens is 1. The minimum atomic E-state index is -0.101. The average Bonchev–Trinajstić information content (AvgIpc) is 2.80. The Balaban J connectivity index is 1.93. The van der Waals surface area contributed by atoms with Gasteiger partial charge in [-0.3, -0.25) is 9.78 Å². The number of aromatic amines is 1. The molecule has 0 atom stereocenters. The average molecular weight is 433 g/mol. The van der Waals surface area contributed by atoms with E-state index in [2.05, 4.69) is 18.0 Å². The molecule has 2 aromatic heterocycles. The number of benzene rings is 2. The Bertz CT molecular complexity index is 1360. The molecule has 0 spiro atoms. The molecule has 2 heterocycles. The second-order valence-corrected chi connectivity index (χ2v) is 7.89. The van der Waals surface area contributed by atoms with Gasteiger partial charge in [-0.1, -0.05) is 13.3 Å². The van der Waals surface area contributed by atoms with Gasteiger partial charge in [-0.05, 0) is 60.7 Å². The maximum absolute atomic E-state index is 13.1. The van der Waals surface area contributed by atoms with Crippen molar-refractivity contribution in [2.24, 2.45) is 0 Å². The van der Waals surface area contributed by atoms with Crippen molar-refractivity contribution in [3.8, 4) is 17.2 Å². The standard InChI is InChI=1S/C26H28N2O4/c1-6-7-22-17(10-16-11-18(30-3)8-9-23(16)28-22)12-21-20-14-25(32-5)24(31-4)13-19(20)15(2)27-26(21)29/h8-11,13-14H,6-7,12H2,1-5H3,(H,27,29). The highest BCUT2D eigenvalue weighted by Crippen LogP contribution is 2.34. The third-order valence-corrected chi connectivity index (χ3v) is 5.87. The van der Waals surface area contributed by atoms with Crippen LogP contribution in [-0.4, -0.2) is 31.3 Å². The van der Waals surface area contributed by atoms with Crippen molar-refractivity contribution in [1.82, 2.24) is 9.97 Å². The molecule has 0 unspecified atom stereocenters. The first-order valence-electron chi connectivity index (χ1n) is 10.7. The van der Waals surface area contributed by atoms with Gasteiger partial charge in [0.25, 0.3) is 5.56 Å². The second kappa shape index (κ2) is 8.91. The SMILES string of the molecule is CCCc1nc2ccc(OC)cc2cc1Cc1c(=O)[nH]c(C)c2cc(OC)c(OC)cc12. The number of fused-ring (bicyclic) bond motifs is 2. The van der Waals surface area contributed by atoms with Crippen LogP contribution >= 0.6 is 0 Å². The van der Waals surface area contributed by atoms with Crippen molar-refractivity contribution in [2.45, 2.75) is 33.1 Å². The molecule has 0 bridgehead atoms. The largest absolute Gasteiger partial charge is 0.497 e. The van der Waals surface area contributed by atoms with Gasteiger partial charge >= 0.3 is 0 Å². The number of aromatic nitrogens is 2. The number of ether oxygens (including phenoxy) is 3. The van der Waals surface area contributed by atoms with Gasteiger partial charge in [0.1, 0.15) is 5.75 Å². The first kappa shape index (κ1) is 21.7. The van der Waals surface area contributed by atoms with Crippen LogP contribution in [0.5, 0.6) is 17.2 Å². The molecule has 166 valence electrons. The van der Waals surface area contributed by atoms with Gasteiger partial charge in [-0.2, -0.15) is 0 Å². The van der Waals surface area contributed by atoms with Gasteiger partial charge in [0.15, 0.2) is 11.5 Å². The lowest BCUT2D eigenvalue weighted by Crippen LogP contribution is -2.16. The molecule has 32 heavy (non-hydrogen) atoms. The van der Waals surface area contributed by atoms with Crippen molar-refractivity contribution in [1.29, 1.82) is 0 Å². The Morgan fingerprint density at radius 2 is 1.66 bits per heavy atom. The Morgan fingerprint density at radius 1 is 0.938 bits per heavy atom. The first-order chi connectivity index (χ1) is 15.5. The van der Waals surface area contributed by atoms with Crippen LogP contribution in [0, 0.1) is 6.92 Å². The Hall–Kier alpha value is -3.54. The van der Waals surface area contributed by atoms with E-state index in [1.165, 1.54) is 0 Å². The fourth-order valence-corrected chi connectivity index (χ4v) is 4.21. The minimum Gasteiger partial charge on any atom is -0.497 e. The fourth-order valence-electron chi connectivity index (χ4n) is 4.21. The molecule has 2 aromatic carbocycles. The van der Waals surface area contributed by atoms with Crippen LogP contribution in [0.3, 0.4) is 0 Å². The summed E-state index contributed by atoms with van der Waals surface area (Å²) in [7, 11) is 4.86. The van der Waals surface area contributed by atoms with Crippen molar-refractivity contribution in [2.75, 3.05) is 21.3 Å². The summed E-state index contributed by atoms with van der Waals surface area (Å²) >= 11 is 0. The summed E-state index contributed by atoms with van der Waals surface area (Å²) in [6, 6.07) is 11.8. The van der Waals surface area contributed by atoms with Gasteiger partial charge in [0.05, 0.1) is 26.8 Å². The third-order valence-electron chi connectivity index (χ3n) is 5.87. The number of pyridine rings is 2. The number of hydrogen-bond acceptors (Lipinski definition) is 5. The van der Waals surface area contributed by atoms with E-state index in [4.69, 9.17) is 19.2 Å². The summed E-state index contributed by atoms with van der Waals surface area (Å²) in [6.07, 6.45) is 2.28. The molecule has 0 aliphatic carbocycles. The summed E-state index contributed by atoms with van der Waals surface area (Å²) < 4.78 is 16.4. The van der Waals surface area contributed by atoms with E-state index in [-0.39, 0.29) is 5.56 Å². The predicted molar refractivity (Wildman–Crippen MR) is 128 cm³/mol. The lowest BCUT2D eigenvalue weighted by molar-refractivity contribution is 0.356. The number of aryl methyl sites for hydroxylation is 2. The highest BCUT2D eigenvalue weighted by Gasteiger charge is 2.17. The zero-order valence-corrected chi connectivity index (χ0v) is 19.2. The van der Waals surface area contributed by atoms with E-state index < -0.39 is 0 Å². The molecular weight excluding hydrogens is 404 g/mol. The molecule has 4 rings (SSSR count). The van der Waals surface area contributed by atoms with Crippen molar-refractivity contribution >= 4 is 21.7 Å². The van der Waals surface area contributed by atoms with E-state index in [0.717, 1.165) is 57.2 Å². The zero-order chi connectivity index (χ0) is 22.8. The van der Waals surface area contributed by atoms with E-state index in [0.29, 0.717) is 23.5 Å². The summed E-state index contributed by atoms with van der Waals surface area (Å²) in [5, 5.41) is 2.79. The van der Waals surface area contributed by atoms with Crippen LogP contribution in [0.2, 0.25) is 0 Å². The highest BCUT2D eigenvalue weighted by molar-refractivity contribution is 5.91. The molecule has 6 nitrogen and oxygen atoms in total. The fraction of sp³-hybridized carbons (Fsp3) is 0.308. The molecular formula is C26H28N2O4. The first-order valence-corrected chi connectivity index (χ1v) is 10.7. The molecule has 0 saturated heterocycles. The van der Waals surface area contributed by atoms with Crippen LogP contribution in [0.25, 0.3) is 21.7 Å². The topological polar surface area (TPSA) is 73.4 Å². The maximum atomic E-state index is 13.1. The Labute approximate surface area is 187 Å². The highest BCUT2D eigenvalue weighted by atomic mass is 16.5. The number of nitrogens with zero attached hydrogens (tertiary/aromatic N) is 1. The smallest absolute Gasteiger partial charge is 0.252 e. The van der Waals surface area contributed by atoms with Crippen LogP contribution in [-0.2, 0) is 12.8 Å². The van der Waals surface area contributed by atoms with E-state index in [9.17, 15) is 4.79 Å². The van der Waals surface area contributed by atoms with E-state index in [1.807, 2.05) is 37.3 Å². The number of hydrogen-bond donors (Lipinski definition) is 1. The summed E-state index contributed by atoms with van der Waals surface area (Å²) in [4.78, 5) is 21.0. The Morgan fingerprint density at radius 3 is 2.31 bits per heavy atom. The summed E-state index contributed by atoms with van der Waals surface area (Å²) in [5.74, 6) is 2.01. The van der Waals surface area contributed by atoms with Crippen LogP contribution in [0.1, 0.15) is 35.9 Å². The van der Waals surface area contributed by atoms with Crippen LogP contribution < -0.4 is 19.8 Å². The van der Waals surface area contributed by atoms with Gasteiger partial charge in [0.2, 0.25) is 0 Å². The van der Waals surface area contributed by atoms with Crippen molar-refractivity contribution in [3.05, 3.63) is 69.3 Å². The monoisotopic (exact) mass is 432 g/mol. The van der Waals surface area contributed by atoms with Crippen LogP contribution in [0.4, 0.5) is 0 Å². The van der Waals surface area contributed by atoms with Crippen LogP contribution in [0.15, 0.2) is 41.2 Å². The third kappa shape index (κ3) is 3.88. The molecule has 0 saturated carbocycles. The number of methoxy groups -OCH3 is 3. The molecule has 4 aromatic rings. The normalized spacial score (nSPS) is 11.2. The van der Waals surface area contributed by atoms with Crippen molar-refractivity contribution in [3.63, 3.8) is 0 Å². The molecule has 0 aliphatic rings. The molecule has 0 radical (unpaired) electrons. The maximum Gasteiger partial charge on any atom is 0.252 e. The molecule has 0 amide bonds. The lowest BCUT2D eigenvalue weighted by Gasteiger charge is -2.15. The van der Waals surface area contributed by atoms with Crippen molar-refractivity contribution < 1.29 is 14.2 Å². The Kier molecular flexibility index (Phi) is 6.04. The van der Waals surface area contributed by atoms with Gasteiger partial charge in [-0.25, -0.2) is 0 Å². The predicted octanol–water partition coefficient (Wildman–Crippen LogP) is 4.95. The summed E-state index contributed by atoms with van der Waals surface area (Å²) in [6.45, 7) is 4.03. The molecule has 0 fully saturated rings. The molecule has 6 heteroatoms. The lowest BCUT2D eigenvalue weighted by atomic mass is 9.95. The molecule has 0 aliphatic heterocycles.